The Hall–Kier alpha value is -1.06. The van der Waals surface area contributed by atoms with Gasteiger partial charge in [-0.3, -0.25) is 4.90 Å². The fourth-order valence-electron chi connectivity index (χ4n) is 4.87. The van der Waals surface area contributed by atoms with E-state index in [1.807, 2.05) is 19.1 Å². The van der Waals surface area contributed by atoms with Crippen LogP contribution in [0.15, 0.2) is 24.3 Å². The van der Waals surface area contributed by atoms with Gasteiger partial charge in [-0.1, -0.05) is 23.7 Å². The van der Waals surface area contributed by atoms with E-state index in [9.17, 15) is 8.42 Å². The van der Waals surface area contributed by atoms with Crippen molar-refractivity contribution in [2.24, 2.45) is 0 Å². The van der Waals surface area contributed by atoms with Crippen molar-refractivity contribution in [3.63, 3.8) is 0 Å². The lowest BCUT2D eigenvalue weighted by molar-refractivity contribution is -0.0755. The number of morpholine rings is 1. The van der Waals surface area contributed by atoms with Crippen molar-refractivity contribution in [3.05, 3.63) is 44.9 Å². The molecule has 0 amide bonds. The van der Waals surface area contributed by atoms with E-state index in [2.05, 4.69) is 27.2 Å². The Morgan fingerprint density at radius 1 is 1.16 bits per heavy atom. The number of hydrogen-bond donors (Lipinski definition) is 0. The summed E-state index contributed by atoms with van der Waals surface area (Å²) in [6.45, 7) is 3.22. The highest BCUT2D eigenvalue weighted by molar-refractivity contribution is 7.90. The molecule has 0 N–H and O–H groups in total. The van der Waals surface area contributed by atoms with Gasteiger partial charge in [-0.15, -0.1) is 21.5 Å². The molecule has 2 heterocycles. The van der Waals surface area contributed by atoms with Crippen LogP contribution in [0.4, 0.5) is 0 Å². The Morgan fingerprint density at radius 2 is 1.87 bits per heavy atom. The van der Waals surface area contributed by atoms with Gasteiger partial charge in [-0.2, -0.15) is 0 Å². The van der Waals surface area contributed by atoms with Gasteiger partial charge in [-0.05, 0) is 56.7 Å². The molecule has 1 aromatic carbocycles. The van der Waals surface area contributed by atoms with E-state index in [-0.39, 0.29) is 17.9 Å². The van der Waals surface area contributed by atoms with E-state index in [0.29, 0.717) is 25.1 Å². The second-order valence-electron chi connectivity index (χ2n) is 8.89. The number of aromatic nitrogens is 2. The molecule has 9 heteroatoms. The van der Waals surface area contributed by atoms with E-state index < -0.39 is 9.84 Å². The maximum atomic E-state index is 11.9. The summed E-state index contributed by atoms with van der Waals surface area (Å²) < 4.78 is 29.7. The van der Waals surface area contributed by atoms with Gasteiger partial charge in [-0.25, -0.2) is 8.42 Å². The van der Waals surface area contributed by atoms with Crippen LogP contribution in [0.5, 0.6) is 0 Å². The van der Waals surface area contributed by atoms with Crippen LogP contribution in [0.1, 0.15) is 47.2 Å². The van der Waals surface area contributed by atoms with Gasteiger partial charge in [0.1, 0.15) is 19.9 Å². The van der Waals surface area contributed by atoms with Crippen molar-refractivity contribution in [2.45, 2.75) is 63.1 Å². The molecule has 1 aliphatic carbocycles. The van der Waals surface area contributed by atoms with Crippen molar-refractivity contribution >= 4 is 32.8 Å². The van der Waals surface area contributed by atoms with Gasteiger partial charge < -0.3 is 4.74 Å². The Kier molecular flexibility index (Phi) is 7.33. The van der Waals surface area contributed by atoms with Crippen LogP contribution in [-0.2, 0) is 21.0 Å². The number of sulfone groups is 1. The third kappa shape index (κ3) is 6.26. The Bertz CT molecular complexity index is 972. The first-order valence-electron chi connectivity index (χ1n) is 10.9. The van der Waals surface area contributed by atoms with Crippen molar-refractivity contribution in [1.29, 1.82) is 0 Å². The van der Waals surface area contributed by atoms with E-state index >= 15 is 0 Å². The maximum absolute atomic E-state index is 11.9. The summed E-state index contributed by atoms with van der Waals surface area (Å²) in [6, 6.07) is 8.66. The van der Waals surface area contributed by atoms with Crippen LogP contribution in [0, 0.1) is 6.92 Å². The molecule has 1 aliphatic heterocycles. The highest BCUT2D eigenvalue weighted by Gasteiger charge is 2.37. The minimum atomic E-state index is -3.08. The van der Waals surface area contributed by atoms with E-state index in [1.165, 1.54) is 11.8 Å². The smallest absolute Gasteiger partial charge is 0.150 e. The molecule has 1 saturated heterocycles. The lowest BCUT2D eigenvalue weighted by Gasteiger charge is -2.46. The van der Waals surface area contributed by atoms with E-state index in [0.717, 1.165) is 47.1 Å². The SMILES string of the molecule is Cc1nnc(C2CCC(N3C[C@H](CS(C)(=O)=O)OC[C@@H]3Cc3ccc(Cl)cc3)CC2)s1. The minimum absolute atomic E-state index is 0.0799. The number of aryl methyl sites for hydroxylation is 1. The van der Waals surface area contributed by atoms with Crippen LogP contribution < -0.4 is 0 Å². The van der Waals surface area contributed by atoms with Gasteiger partial charge in [0.15, 0.2) is 0 Å². The molecule has 1 aromatic heterocycles. The van der Waals surface area contributed by atoms with Crippen LogP contribution in [0.25, 0.3) is 0 Å². The minimum Gasteiger partial charge on any atom is -0.374 e. The zero-order valence-electron chi connectivity index (χ0n) is 18.0. The van der Waals surface area contributed by atoms with Crippen LogP contribution in [0.2, 0.25) is 5.02 Å². The van der Waals surface area contributed by atoms with E-state index in [4.69, 9.17) is 16.3 Å². The molecule has 2 fully saturated rings. The highest BCUT2D eigenvalue weighted by Crippen LogP contribution is 2.37. The fourth-order valence-corrected chi connectivity index (χ4v) is 6.74. The molecular formula is C22H30ClN3O3S2. The lowest BCUT2D eigenvalue weighted by Crippen LogP contribution is -2.56. The second kappa shape index (κ2) is 9.83. The zero-order valence-corrected chi connectivity index (χ0v) is 20.4. The molecule has 0 radical (unpaired) electrons. The zero-order chi connectivity index (χ0) is 22.0. The van der Waals surface area contributed by atoms with Crippen molar-refractivity contribution < 1.29 is 13.2 Å². The van der Waals surface area contributed by atoms with Gasteiger partial charge in [0.2, 0.25) is 0 Å². The molecule has 170 valence electrons. The largest absolute Gasteiger partial charge is 0.374 e. The van der Waals surface area contributed by atoms with Gasteiger partial charge in [0.05, 0.1) is 18.5 Å². The van der Waals surface area contributed by atoms with Crippen LogP contribution >= 0.6 is 22.9 Å². The third-order valence-electron chi connectivity index (χ3n) is 6.34. The standard InChI is InChI=1S/C22H30ClN3O3S2/c1-15-24-25-22(30-15)17-5-9-19(10-6-17)26-12-21(14-31(2,27)28)29-13-20(26)11-16-3-7-18(23)8-4-16/h3-4,7-8,17,19-21H,5-6,9-14H2,1-2H3/t17?,19?,20-,21+/m0/s1. The monoisotopic (exact) mass is 483 g/mol. The second-order valence-corrected chi connectivity index (χ2v) is 12.7. The van der Waals surface area contributed by atoms with Crippen LogP contribution in [-0.4, -0.2) is 66.9 Å². The maximum Gasteiger partial charge on any atom is 0.150 e. The first kappa shape index (κ1) is 23.1. The van der Waals surface area contributed by atoms with Gasteiger partial charge >= 0.3 is 0 Å². The number of halogens is 1. The molecule has 0 bridgehead atoms. The molecule has 0 spiro atoms. The number of hydrogen-bond acceptors (Lipinski definition) is 7. The van der Waals surface area contributed by atoms with Gasteiger partial charge in [0, 0.05) is 35.8 Å². The lowest BCUT2D eigenvalue weighted by atomic mass is 9.84. The quantitative estimate of drug-likeness (QED) is 0.620. The predicted molar refractivity (Wildman–Crippen MR) is 125 cm³/mol. The fraction of sp³-hybridized carbons (Fsp3) is 0.636. The highest BCUT2D eigenvalue weighted by atomic mass is 35.5. The number of benzene rings is 1. The molecule has 31 heavy (non-hydrogen) atoms. The molecule has 2 atom stereocenters. The summed E-state index contributed by atoms with van der Waals surface area (Å²) in [7, 11) is -3.08. The Labute approximate surface area is 193 Å². The average molecular weight is 484 g/mol. The molecule has 2 aliphatic rings. The third-order valence-corrected chi connectivity index (χ3v) is 8.57. The Balaban J connectivity index is 1.45. The number of rotatable bonds is 6. The van der Waals surface area contributed by atoms with Crippen molar-refractivity contribution in [2.75, 3.05) is 25.2 Å². The normalized spacial score (nSPS) is 28.0. The van der Waals surface area contributed by atoms with Crippen molar-refractivity contribution in [3.8, 4) is 0 Å². The molecule has 0 unspecified atom stereocenters. The van der Waals surface area contributed by atoms with Gasteiger partial charge in [0.25, 0.3) is 0 Å². The molecular weight excluding hydrogens is 454 g/mol. The first-order chi connectivity index (χ1) is 14.8. The van der Waals surface area contributed by atoms with Crippen LogP contribution in [0.3, 0.4) is 0 Å². The summed E-state index contributed by atoms with van der Waals surface area (Å²) in [5.74, 6) is 0.571. The summed E-state index contributed by atoms with van der Waals surface area (Å²) in [4.78, 5) is 2.52. The summed E-state index contributed by atoms with van der Waals surface area (Å²) in [6.07, 6.45) is 6.27. The number of nitrogens with zero attached hydrogens (tertiary/aromatic N) is 3. The van der Waals surface area contributed by atoms with Crippen molar-refractivity contribution in [1.82, 2.24) is 15.1 Å². The average Bonchev–Trinajstić information content (AvgIpc) is 3.16. The van der Waals surface area contributed by atoms with E-state index in [1.54, 1.807) is 11.3 Å². The molecule has 1 saturated carbocycles. The molecule has 4 rings (SSSR count). The molecule has 6 nitrogen and oxygen atoms in total. The topological polar surface area (TPSA) is 72.4 Å². The predicted octanol–water partition coefficient (Wildman–Crippen LogP) is 3.88. The number of ether oxygens (including phenoxy) is 1. The summed E-state index contributed by atoms with van der Waals surface area (Å²) in [5.41, 5.74) is 1.22. The first-order valence-corrected chi connectivity index (χ1v) is 14.1. The Morgan fingerprint density at radius 3 is 2.48 bits per heavy atom. The summed E-state index contributed by atoms with van der Waals surface area (Å²) in [5, 5.41) is 11.5. The molecule has 2 aromatic rings. The summed E-state index contributed by atoms with van der Waals surface area (Å²) >= 11 is 7.76.